The van der Waals surface area contributed by atoms with Crippen LogP contribution in [0, 0.1) is 0 Å². The van der Waals surface area contributed by atoms with E-state index in [4.69, 9.17) is 4.43 Å². The summed E-state index contributed by atoms with van der Waals surface area (Å²) < 4.78 is 10.0. The third-order valence-electron chi connectivity index (χ3n) is 5.56. The van der Waals surface area contributed by atoms with Gasteiger partial charge in [-0.25, -0.2) is 4.98 Å². The van der Waals surface area contributed by atoms with E-state index in [1.165, 1.54) is 5.39 Å². The highest BCUT2D eigenvalue weighted by molar-refractivity contribution is 9.10. The number of aromatic nitrogens is 2. The lowest BCUT2D eigenvalue weighted by molar-refractivity contribution is -0.0377. The molecule has 2 heterocycles. The lowest BCUT2D eigenvalue weighted by Crippen LogP contribution is -2.54. The van der Waals surface area contributed by atoms with Gasteiger partial charge in [-0.2, -0.15) is 0 Å². The van der Waals surface area contributed by atoms with Crippen molar-refractivity contribution in [3.05, 3.63) is 29.0 Å². The second-order valence-corrected chi connectivity index (χ2v) is 14.3. The summed E-state index contributed by atoms with van der Waals surface area (Å²) >= 11 is 3.49. The van der Waals surface area contributed by atoms with Crippen LogP contribution in [0.25, 0.3) is 11.0 Å². The molecule has 0 atom stereocenters. The zero-order valence-corrected chi connectivity index (χ0v) is 17.6. The molecule has 5 heteroatoms. The van der Waals surface area contributed by atoms with Crippen molar-refractivity contribution in [1.82, 2.24) is 9.55 Å². The minimum Gasteiger partial charge on any atom is -0.411 e. The summed E-state index contributed by atoms with van der Waals surface area (Å²) in [6, 6.07) is 4.77. The Morgan fingerprint density at radius 2 is 2.00 bits per heavy atom. The molecular formula is C18H27BrN2OSi. The molecule has 0 spiro atoms. The highest BCUT2D eigenvalue weighted by Gasteiger charge is 2.49. The van der Waals surface area contributed by atoms with Crippen LogP contribution in [0.2, 0.25) is 18.1 Å². The fourth-order valence-corrected chi connectivity index (χ4v) is 5.35. The standard InChI is InChI=1S/C18H27BrN2OSi/c1-17(2,3)23(5,6)22-18(4)10-15(11-18)21-8-7-13-9-14(19)12-20-16(13)21/h7-9,12,15H,10-11H2,1-6H3. The van der Waals surface area contributed by atoms with Gasteiger partial charge in [0.05, 0.1) is 5.60 Å². The Hall–Kier alpha value is -0.653. The Labute approximate surface area is 148 Å². The van der Waals surface area contributed by atoms with Crippen LogP contribution in [0.1, 0.15) is 46.6 Å². The summed E-state index contributed by atoms with van der Waals surface area (Å²) in [7, 11) is -1.72. The van der Waals surface area contributed by atoms with Gasteiger partial charge in [0.2, 0.25) is 0 Å². The van der Waals surface area contributed by atoms with Gasteiger partial charge in [-0.05, 0) is 66.0 Å². The molecular weight excluding hydrogens is 368 g/mol. The first kappa shape index (κ1) is 17.2. The minimum atomic E-state index is -1.72. The van der Waals surface area contributed by atoms with E-state index in [9.17, 15) is 0 Å². The van der Waals surface area contributed by atoms with E-state index < -0.39 is 8.32 Å². The maximum absolute atomic E-state index is 6.68. The molecule has 1 aliphatic rings. The van der Waals surface area contributed by atoms with Crippen molar-refractivity contribution in [1.29, 1.82) is 0 Å². The highest BCUT2D eigenvalue weighted by atomic mass is 79.9. The molecule has 0 aromatic carbocycles. The largest absolute Gasteiger partial charge is 0.411 e. The Balaban J connectivity index is 1.75. The summed E-state index contributed by atoms with van der Waals surface area (Å²) in [4.78, 5) is 4.59. The van der Waals surface area contributed by atoms with Crippen molar-refractivity contribution < 1.29 is 4.43 Å². The quantitative estimate of drug-likeness (QED) is 0.604. The topological polar surface area (TPSA) is 27.1 Å². The average Bonchev–Trinajstić information content (AvgIpc) is 2.76. The van der Waals surface area contributed by atoms with E-state index in [0.717, 1.165) is 23.0 Å². The Morgan fingerprint density at radius 1 is 1.35 bits per heavy atom. The smallest absolute Gasteiger partial charge is 0.192 e. The molecule has 0 saturated heterocycles. The molecule has 23 heavy (non-hydrogen) atoms. The van der Waals surface area contributed by atoms with Gasteiger partial charge in [-0.3, -0.25) is 0 Å². The first-order valence-corrected chi connectivity index (χ1v) is 12.0. The number of nitrogens with zero attached hydrogens (tertiary/aromatic N) is 2. The van der Waals surface area contributed by atoms with Crippen LogP contribution >= 0.6 is 15.9 Å². The number of halogens is 1. The van der Waals surface area contributed by atoms with Crippen molar-refractivity contribution >= 4 is 35.3 Å². The Bertz CT molecular complexity index is 726. The van der Waals surface area contributed by atoms with Gasteiger partial charge >= 0.3 is 0 Å². The van der Waals surface area contributed by atoms with Crippen LogP contribution < -0.4 is 0 Å². The molecule has 0 radical (unpaired) electrons. The van der Waals surface area contributed by atoms with Crippen LogP contribution in [0.3, 0.4) is 0 Å². The maximum atomic E-state index is 6.68. The van der Waals surface area contributed by atoms with E-state index in [0.29, 0.717) is 6.04 Å². The van der Waals surface area contributed by atoms with Gasteiger partial charge in [0, 0.05) is 28.3 Å². The van der Waals surface area contributed by atoms with Crippen LogP contribution in [-0.4, -0.2) is 23.5 Å². The van der Waals surface area contributed by atoms with Crippen molar-refractivity contribution in [3.63, 3.8) is 0 Å². The zero-order valence-electron chi connectivity index (χ0n) is 15.0. The van der Waals surface area contributed by atoms with Gasteiger partial charge < -0.3 is 8.99 Å². The third-order valence-corrected chi connectivity index (χ3v) is 10.6. The lowest BCUT2D eigenvalue weighted by atomic mass is 9.77. The zero-order chi connectivity index (χ0) is 17.0. The molecule has 1 aliphatic carbocycles. The number of hydrogen-bond donors (Lipinski definition) is 0. The van der Waals surface area contributed by atoms with Gasteiger partial charge in [0.1, 0.15) is 5.65 Å². The van der Waals surface area contributed by atoms with Crippen LogP contribution in [0.4, 0.5) is 0 Å². The predicted octanol–water partition coefficient (Wildman–Crippen LogP) is 5.91. The maximum Gasteiger partial charge on any atom is 0.192 e. The molecule has 126 valence electrons. The second-order valence-electron chi connectivity index (χ2n) is 8.66. The third kappa shape index (κ3) is 3.15. The van der Waals surface area contributed by atoms with E-state index in [1.54, 1.807) is 0 Å². The van der Waals surface area contributed by atoms with Gasteiger partial charge in [-0.15, -0.1) is 0 Å². The number of fused-ring (bicyclic) bond motifs is 1. The van der Waals surface area contributed by atoms with Crippen molar-refractivity contribution in [2.24, 2.45) is 0 Å². The Morgan fingerprint density at radius 3 is 2.61 bits per heavy atom. The fourth-order valence-electron chi connectivity index (χ4n) is 3.30. The molecule has 3 rings (SSSR count). The van der Waals surface area contributed by atoms with E-state index in [2.05, 4.69) is 84.6 Å². The summed E-state index contributed by atoms with van der Waals surface area (Å²) in [5.41, 5.74) is 1.09. The molecule has 3 nitrogen and oxygen atoms in total. The molecule has 1 fully saturated rings. The molecule has 0 unspecified atom stereocenters. The highest BCUT2D eigenvalue weighted by Crippen LogP contribution is 2.49. The molecule has 2 aromatic rings. The second kappa shape index (κ2) is 5.43. The van der Waals surface area contributed by atoms with Crippen LogP contribution in [0.5, 0.6) is 0 Å². The van der Waals surface area contributed by atoms with E-state index in [-0.39, 0.29) is 10.6 Å². The summed E-state index contributed by atoms with van der Waals surface area (Å²) in [6.45, 7) is 13.9. The summed E-state index contributed by atoms with van der Waals surface area (Å²) in [6.07, 6.45) is 6.19. The van der Waals surface area contributed by atoms with Crippen molar-refractivity contribution in [3.8, 4) is 0 Å². The van der Waals surface area contributed by atoms with Crippen LogP contribution in [0.15, 0.2) is 29.0 Å². The van der Waals surface area contributed by atoms with Crippen molar-refractivity contribution in [2.75, 3.05) is 0 Å². The number of pyridine rings is 1. The fraction of sp³-hybridized carbons (Fsp3) is 0.611. The Kier molecular flexibility index (Phi) is 4.05. The first-order chi connectivity index (χ1) is 10.5. The predicted molar refractivity (Wildman–Crippen MR) is 102 cm³/mol. The summed E-state index contributed by atoms with van der Waals surface area (Å²) in [5, 5.41) is 1.45. The lowest BCUT2D eigenvalue weighted by Gasteiger charge is -2.52. The normalized spacial score (nSPS) is 25.6. The molecule has 0 N–H and O–H groups in total. The number of hydrogen-bond acceptors (Lipinski definition) is 2. The molecule has 1 saturated carbocycles. The van der Waals surface area contributed by atoms with E-state index in [1.807, 2.05) is 6.20 Å². The molecule has 0 aliphatic heterocycles. The van der Waals surface area contributed by atoms with Crippen LogP contribution in [-0.2, 0) is 4.43 Å². The van der Waals surface area contributed by atoms with Gasteiger partial charge in [-0.1, -0.05) is 20.8 Å². The SMILES string of the molecule is CC1(O[Si](C)(C)C(C)(C)C)CC(n2ccc3cc(Br)cnc32)C1. The molecule has 2 aromatic heterocycles. The van der Waals surface area contributed by atoms with Gasteiger partial charge in [0.25, 0.3) is 0 Å². The van der Waals surface area contributed by atoms with Crippen molar-refractivity contribution in [2.45, 2.75) is 70.3 Å². The molecule has 0 amide bonds. The van der Waals surface area contributed by atoms with E-state index >= 15 is 0 Å². The van der Waals surface area contributed by atoms with Gasteiger partial charge in [0.15, 0.2) is 8.32 Å². The monoisotopic (exact) mass is 394 g/mol. The minimum absolute atomic E-state index is 0.0135. The number of rotatable bonds is 3. The average molecular weight is 395 g/mol. The molecule has 0 bridgehead atoms. The summed E-state index contributed by atoms with van der Waals surface area (Å²) in [5.74, 6) is 0. The first-order valence-electron chi connectivity index (χ1n) is 8.33.